The normalized spacial score (nSPS) is 32.3. The van der Waals surface area contributed by atoms with Gasteiger partial charge in [-0.3, -0.25) is 4.79 Å². The average molecular weight is 401 g/mol. The van der Waals surface area contributed by atoms with Crippen LogP contribution in [0, 0.1) is 5.92 Å². The Hall–Kier alpha value is -2.63. The maximum absolute atomic E-state index is 13.6. The first-order valence-corrected chi connectivity index (χ1v) is 11.0. The number of hydrogen-bond acceptors (Lipinski definition) is 3. The number of nitrogens with one attached hydrogen (secondary N) is 1. The maximum Gasteiger partial charge on any atom is 0.252 e. The van der Waals surface area contributed by atoms with Gasteiger partial charge in [-0.15, -0.1) is 0 Å². The first kappa shape index (κ1) is 18.2. The van der Waals surface area contributed by atoms with Gasteiger partial charge in [0.1, 0.15) is 0 Å². The largest absolute Gasteiger partial charge is 0.351 e. The quantitative estimate of drug-likeness (QED) is 0.734. The Morgan fingerprint density at radius 2 is 1.70 bits per heavy atom. The van der Waals surface area contributed by atoms with Crippen molar-refractivity contribution in [1.29, 1.82) is 0 Å². The van der Waals surface area contributed by atoms with Crippen LogP contribution < -0.4 is 5.32 Å². The lowest BCUT2D eigenvalue weighted by Crippen LogP contribution is -2.70. The molecule has 30 heavy (non-hydrogen) atoms. The fourth-order valence-corrected chi connectivity index (χ4v) is 6.29. The summed E-state index contributed by atoms with van der Waals surface area (Å²) in [7, 11) is 2.03. The van der Waals surface area contributed by atoms with E-state index in [-0.39, 0.29) is 17.4 Å². The second-order valence-corrected chi connectivity index (χ2v) is 9.37. The highest BCUT2D eigenvalue weighted by atomic mass is 16.1. The number of amides is 1. The molecule has 1 aromatic heterocycles. The lowest BCUT2D eigenvalue weighted by Gasteiger charge is -2.55. The average Bonchev–Trinajstić information content (AvgIpc) is 2.97. The number of hydrogen-bond donors (Lipinski definition) is 1. The number of nitrogens with zero attached hydrogens (tertiary/aromatic N) is 3. The molecule has 1 amide bonds. The summed E-state index contributed by atoms with van der Waals surface area (Å²) < 4.78 is 2.07. The molecule has 7 rings (SSSR count). The van der Waals surface area contributed by atoms with Crippen LogP contribution >= 0.6 is 0 Å². The third-order valence-corrected chi connectivity index (χ3v) is 7.60. The zero-order chi connectivity index (χ0) is 20.3. The molecule has 5 nitrogen and oxygen atoms in total. The van der Waals surface area contributed by atoms with Gasteiger partial charge in [-0.2, -0.15) is 0 Å². The minimum absolute atomic E-state index is 0.0564. The minimum atomic E-state index is -0.0564. The van der Waals surface area contributed by atoms with Gasteiger partial charge in [-0.25, -0.2) is 0 Å². The molecule has 4 aliphatic rings. The van der Waals surface area contributed by atoms with Gasteiger partial charge in [0.15, 0.2) is 0 Å². The summed E-state index contributed by atoms with van der Waals surface area (Å²) in [5.74, 6) is 0.511. The third-order valence-electron chi connectivity index (χ3n) is 7.60. The van der Waals surface area contributed by atoms with E-state index in [1.54, 1.807) is 0 Å². The third kappa shape index (κ3) is 2.65. The van der Waals surface area contributed by atoms with E-state index in [2.05, 4.69) is 62.1 Å². The number of carbonyl (C=O) groups is 1. The van der Waals surface area contributed by atoms with Crippen molar-refractivity contribution >= 4 is 16.8 Å². The molecule has 4 bridgehead atoms. The van der Waals surface area contributed by atoms with Gasteiger partial charge >= 0.3 is 0 Å². The van der Waals surface area contributed by atoms with Crippen molar-refractivity contribution in [3.8, 4) is 0 Å². The molecule has 0 aliphatic carbocycles. The summed E-state index contributed by atoms with van der Waals surface area (Å²) in [6.07, 6.45) is 2.03. The molecule has 0 radical (unpaired) electrons. The van der Waals surface area contributed by atoms with Crippen LogP contribution in [0.4, 0.5) is 0 Å². The predicted molar refractivity (Wildman–Crippen MR) is 119 cm³/mol. The molecule has 1 N–H and O–H groups in total. The van der Waals surface area contributed by atoms with Gasteiger partial charge in [0.05, 0.1) is 0 Å². The van der Waals surface area contributed by atoms with Crippen molar-refractivity contribution in [3.05, 3.63) is 71.9 Å². The first-order valence-electron chi connectivity index (χ1n) is 11.0. The number of rotatable bonds is 3. The lowest BCUT2D eigenvalue weighted by atomic mass is 9.64. The van der Waals surface area contributed by atoms with Gasteiger partial charge in [0.2, 0.25) is 0 Å². The maximum atomic E-state index is 13.6. The van der Waals surface area contributed by atoms with Gasteiger partial charge in [0, 0.05) is 86.4 Å². The van der Waals surface area contributed by atoms with Crippen molar-refractivity contribution in [2.24, 2.45) is 13.0 Å². The van der Waals surface area contributed by atoms with Gasteiger partial charge in [-0.05, 0) is 23.8 Å². The van der Waals surface area contributed by atoms with Crippen molar-refractivity contribution in [2.75, 3.05) is 39.3 Å². The van der Waals surface area contributed by atoms with Crippen molar-refractivity contribution < 1.29 is 4.79 Å². The van der Waals surface area contributed by atoms with E-state index >= 15 is 0 Å². The van der Waals surface area contributed by atoms with E-state index in [9.17, 15) is 4.79 Å². The Morgan fingerprint density at radius 1 is 0.967 bits per heavy atom. The second-order valence-electron chi connectivity index (χ2n) is 9.37. The van der Waals surface area contributed by atoms with Crippen molar-refractivity contribution in [1.82, 2.24) is 19.7 Å². The lowest BCUT2D eigenvalue weighted by molar-refractivity contribution is 0.0181. The number of carbonyl (C=O) groups excluding carboxylic acids is 1. The molecule has 5 heterocycles. The molecule has 4 saturated heterocycles. The van der Waals surface area contributed by atoms with Crippen LogP contribution in [0.1, 0.15) is 15.9 Å². The van der Waals surface area contributed by atoms with Crippen molar-refractivity contribution in [3.63, 3.8) is 0 Å². The van der Waals surface area contributed by atoms with E-state index in [4.69, 9.17) is 0 Å². The van der Waals surface area contributed by atoms with E-state index in [1.165, 1.54) is 5.56 Å². The van der Waals surface area contributed by atoms with Crippen LogP contribution in [0.15, 0.2) is 60.8 Å². The summed E-state index contributed by atoms with van der Waals surface area (Å²) >= 11 is 0. The highest BCUT2D eigenvalue weighted by Gasteiger charge is 2.55. The van der Waals surface area contributed by atoms with Crippen molar-refractivity contribution in [2.45, 2.75) is 11.5 Å². The van der Waals surface area contributed by atoms with Gasteiger partial charge in [-0.1, -0.05) is 36.4 Å². The van der Waals surface area contributed by atoms with E-state index in [0.717, 1.165) is 55.7 Å². The summed E-state index contributed by atoms with van der Waals surface area (Å²) in [6, 6.07) is 19.1. The molecule has 3 unspecified atom stereocenters. The highest BCUT2D eigenvalue weighted by Crippen LogP contribution is 2.43. The van der Waals surface area contributed by atoms with Gasteiger partial charge < -0.3 is 19.7 Å². The zero-order valence-electron chi connectivity index (χ0n) is 17.4. The molecular formula is C25H28N4O. The molecule has 0 saturated carbocycles. The standard InChI is InChI=1S/C25H28N4O/c1-27-11-10-20-21(8-5-9-22(20)27)24(30)26-23-18-14-28-12-13-29(15-18)17-25(23,16-28)19-6-3-2-4-7-19/h2-11,18,23H,12-17H2,1H3,(H,26,30). The Labute approximate surface area is 177 Å². The number of aromatic nitrogens is 1. The summed E-state index contributed by atoms with van der Waals surface area (Å²) in [4.78, 5) is 18.8. The monoisotopic (exact) mass is 400 g/mol. The minimum Gasteiger partial charge on any atom is -0.351 e. The van der Waals surface area contributed by atoms with Crippen LogP contribution in [-0.4, -0.2) is 65.6 Å². The SMILES string of the molecule is Cn1ccc2c(C(=O)NC3C4CN5CCN(C4)CC3(c3ccccc3)C5)cccc21. The Bertz CT molecular complexity index is 1090. The molecule has 4 aliphatic heterocycles. The number of aryl methyl sites for hydroxylation is 1. The fraction of sp³-hybridized carbons (Fsp3) is 0.400. The molecule has 3 atom stereocenters. The zero-order valence-corrected chi connectivity index (χ0v) is 17.4. The Kier molecular flexibility index (Phi) is 4.05. The molecule has 5 heteroatoms. The van der Waals surface area contributed by atoms with Crippen LogP contribution in [0.25, 0.3) is 10.9 Å². The number of fused-ring (bicyclic) bond motifs is 2. The predicted octanol–water partition coefficient (Wildman–Crippen LogP) is 2.48. The Morgan fingerprint density at radius 3 is 2.43 bits per heavy atom. The topological polar surface area (TPSA) is 40.5 Å². The first-order chi connectivity index (χ1) is 14.6. The number of piperidine rings is 2. The highest BCUT2D eigenvalue weighted by molar-refractivity contribution is 6.06. The fourth-order valence-electron chi connectivity index (χ4n) is 6.29. The molecular weight excluding hydrogens is 372 g/mol. The molecule has 2 aromatic carbocycles. The molecule has 0 spiro atoms. The summed E-state index contributed by atoms with van der Waals surface area (Å²) in [6.45, 7) is 6.45. The second kappa shape index (κ2) is 6.69. The van der Waals surface area contributed by atoms with Gasteiger partial charge in [0.25, 0.3) is 5.91 Å². The summed E-state index contributed by atoms with van der Waals surface area (Å²) in [5, 5.41) is 4.57. The van der Waals surface area contributed by atoms with Crippen LogP contribution in [0.2, 0.25) is 0 Å². The van der Waals surface area contributed by atoms with Crippen LogP contribution in [-0.2, 0) is 12.5 Å². The van der Waals surface area contributed by atoms with E-state index in [1.807, 2.05) is 25.4 Å². The van der Waals surface area contributed by atoms with Crippen LogP contribution in [0.3, 0.4) is 0 Å². The van der Waals surface area contributed by atoms with E-state index in [0.29, 0.717) is 5.92 Å². The molecule has 154 valence electrons. The Balaban J connectivity index is 1.41. The molecule has 3 aromatic rings. The van der Waals surface area contributed by atoms with E-state index < -0.39 is 0 Å². The summed E-state index contributed by atoms with van der Waals surface area (Å²) in [5.41, 5.74) is 3.18. The molecule has 4 fully saturated rings. The number of benzene rings is 2. The van der Waals surface area contributed by atoms with Crippen LogP contribution in [0.5, 0.6) is 0 Å². The smallest absolute Gasteiger partial charge is 0.252 e.